The molecule has 0 saturated carbocycles. The van der Waals surface area contributed by atoms with Gasteiger partial charge < -0.3 is 14.8 Å². The number of hydrogen-bond acceptors (Lipinski definition) is 4. The summed E-state index contributed by atoms with van der Waals surface area (Å²) in [5.74, 6) is 1.63. The maximum Gasteiger partial charge on any atom is 0.165 e. The van der Waals surface area contributed by atoms with Crippen molar-refractivity contribution in [1.82, 2.24) is 0 Å². The number of anilines is 1. The summed E-state index contributed by atoms with van der Waals surface area (Å²) in [5.41, 5.74) is 2.59. The molecule has 3 aromatic carbocycles. The van der Waals surface area contributed by atoms with Crippen molar-refractivity contribution >= 4 is 17.5 Å². The van der Waals surface area contributed by atoms with Crippen LogP contribution >= 0.6 is 0 Å². The van der Waals surface area contributed by atoms with E-state index in [1.165, 1.54) is 0 Å². The quantitative estimate of drug-likeness (QED) is 0.495. The SMILES string of the molecule is COc1ccc(/C=C/[C@@H](CC(=O)c2ccccc2)Nc2ccccc2OC)cc1. The fraction of sp³-hybridized carbons (Fsp3) is 0.160. The maximum atomic E-state index is 12.8. The Hall–Kier alpha value is -3.53. The highest BCUT2D eigenvalue weighted by atomic mass is 16.5. The van der Waals surface area contributed by atoms with Crippen LogP contribution in [0.1, 0.15) is 22.3 Å². The molecule has 29 heavy (non-hydrogen) atoms. The number of ketones is 1. The van der Waals surface area contributed by atoms with Crippen molar-refractivity contribution in [2.24, 2.45) is 0 Å². The number of carbonyl (C=O) groups is 1. The molecule has 0 aliphatic carbocycles. The number of ether oxygens (including phenoxy) is 2. The van der Waals surface area contributed by atoms with E-state index in [1.807, 2.05) is 91.0 Å². The first-order valence-electron chi connectivity index (χ1n) is 9.49. The summed E-state index contributed by atoms with van der Waals surface area (Å²) in [6.07, 6.45) is 4.34. The molecule has 4 heteroatoms. The molecule has 148 valence electrons. The summed E-state index contributed by atoms with van der Waals surface area (Å²) in [6, 6.07) is 24.6. The number of methoxy groups -OCH3 is 2. The van der Waals surface area contributed by atoms with Gasteiger partial charge in [-0.05, 0) is 29.8 Å². The third-order valence-corrected chi connectivity index (χ3v) is 4.59. The average Bonchev–Trinajstić information content (AvgIpc) is 2.78. The van der Waals surface area contributed by atoms with Gasteiger partial charge in [0.05, 0.1) is 25.9 Å². The number of Topliss-reactive ketones (excluding diaryl/α,β-unsaturated/α-hetero) is 1. The second-order valence-corrected chi connectivity index (χ2v) is 6.58. The molecule has 1 atom stereocenters. The number of carbonyl (C=O) groups excluding carboxylic acids is 1. The van der Waals surface area contributed by atoms with Crippen LogP contribution in [-0.2, 0) is 0 Å². The normalized spacial score (nSPS) is 11.8. The second-order valence-electron chi connectivity index (χ2n) is 6.58. The van der Waals surface area contributed by atoms with E-state index in [9.17, 15) is 4.79 Å². The molecule has 0 aromatic heterocycles. The van der Waals surface area contributed by atoms with E-state index < -0.39 is 0 Å². The number of nitrogens with one attached hydrogen (secondary N) is 1. The number of hydrogen-bond donors (Lipinski definition) is 1. The number of rotatable bonds is 9. The highest BCUT2D eigenvalue weighted by Gasteiger charge is 2.14. The van der Waals surface area contributed by atoms with Crippen LogP contribution in [0, 0.1) is 0 Å². The summed E-state index contributed by atoms with van der Waals surface area (Å²) >= 11 is 0. The van der Waals surface area contributed by atoms with Crippen molar-refractivity contribution in [2.75, 3.05) is 19.5 Å². The van der Waals surface area contributed by atoms with Crippen molar-refractivity contribution in [3.05, 3.63) is 96.1 Å². The van der Waals surface area contributed by atoms with Crippen LogP contribution in [0.4, 0.5) is 5.69 Å². The molecule has 0 fully saturated rings. The standard InChI is InChI=1S/C25H25NO3/c1-28-22-16-13-19(14-17-22)12-15-21(18-24(27)20-8-4-3-5-9-20)26-23-10-6-7-11-25(23)29-2/h3-17,21,26H,18H2,1-2H3/b15-12+/t21-/m0/s1. The Morgan fingerprint density at radius 1 is 0.897 bits per heavy atom. The van der Waals surface area contributed by atoms with Crippen LogP contribution in [0.5, 0.6) is 11.5 Å². The summed E-state index contributed by atoms with van der Waals surface area (Å²) < 4.78 is 10.6. The minimum Gasteiger partial charge on any atom is -0.497 e. The topological polar surface area (TPSA) is 47.6 Å². The molecule has 0 unspecified atom stereocenters. The first-order chi connectivity index (χ1) is 14.2. The molecule has 0 heterocycles. The first-order valence-corrected chi connectivity index (χ1v) is 9.49. The molecule has 3 aromatic rings. The monoisotopic (exact) mass is 387 g/mol. The molecule has 3 rings (SSSR count). The van der Waals surface area contributed by atoms with E-state index in [4.69, 9.17) is 9.47 Å². The number of benzene rings is 3. The molecular weight excluding hydrogens is 362 g/mol. The van der Waals surface area contributed by atoms with Gasteiger partial charge in [0.25, 0.3) is 0 Å². The Kier molecular flexibility index (Phi) is 7.06. The van der Waals surface area contributed by atoms with Gasteiger partial charge in [0, 0.05) is 12.0 Å². The van der Waals surface area contributed by atoms with Gasteiger partial charge in [0.15, 0.2) is 5.78 Å². The van der Waals surface area contributed by atoms with Gasteiger partial charge in [0.2, 0.25) is 0 Å². The van der Waals surface area contributed by atoms with E-state index in [0.29, 0.717) is 12.0 Å². The van der Waals surface area contributed by atoms with Gasteiger partial charge >= 0.3 is 0 Å². The molecule has 1 N–H and O–H groups in total. The van der Waals surface area contributed by atoms with Gasteiger partial charge in [-0.1, -0.05) is 66.7 Å². The highest BCUT2D eigenvalue weighted by molar-refractivity contribution is 5.96. The molecule has 0 bridgehead atoms. The van der Waals surface area contributed by atoms with Crippen LogP contribution in [-0.4, -0.2) is 26.0 Å². The highest BCUT2D eigenvalue weighted by Crippen LogP contribution is 2.25. The molecule has 0 aliphatic heterocycles. The molecule has 4 nitrogen and oxygen atoms in total. The average molecular weight is 387 g/mol. The van der Waals surface area contributed by atoms with Crippen LogP contribution < -0.4 is 14.8 Å². The van der Waals surface area contributed by atoms with E-state index in [0.717, 1.165) is 22.7 Å². The van der Waals surface area contributed by atoms with Gasteiger partial charge in [-0.2, -0.15) is 0 Å². The van der Waals surface area contributed by atoms with Crippen LogP contribution in [0.3, 0.4) is 0 Å². The van der Waals surface area contributed by atoms with Crippen LogP contribution in [0.2, 0.25) is 0 Å². The lowest BCUT2D eigenvalue weighted by Gasteiger charge is -2.18. The molecule has 0 saturated heterocycles. The van der Waals surface area contributed by atoms with Crippen LogP contribution in [0.25, 0.3) is 6.08 Å². The zero-order chi connectivity index (χ0) is 20.5. The lowest BCUT2D eigenvalue weighted by Crippen LogP contribution is -2.21. The summed E-state index contributed by atoms with van der Waals surface area (Å²) in [6.45, 7) is 0. The minimum absolute atomic E-state index is 0.0809. The van der Waals surface area contributed by atoms with Crippen molar-refractivity contribution in [3.8, 4) is 11.5 Å². The lowest BCUT2D eigenvalue weighted by atomic mass is 10.0. The maximum absolute atomic E-state index is 12.8. The van der Waals surface area contributed by atoms with Crippen molar-refractivity contribution in [3.63, 3.8) is 0 Å². The van der Waals surface area contributed by atoms with E-state index in [-0.39, 0.29) is 11.8 Å². The van der Waals surface area contributed by atoms with Crippen molar-refractivity contribution in [2.45, 2.75) is 12.5 Å². The lowest BCUT2D eigenvalue weighted by molar-refractivity contribution is 0.0981. The largest absolute Gasteiger partial charge is 0.497 e. The molecule has 0 radical (unpaired) electrons. The third-order valence-electron chi connectivity index (χ3n) is 4.59. The minimum atomic E-state index is -0.193. The fourth-order valence-electron chi connectivity index (χ4n) is 3.01. The Morgan fingerprint density at radius 2 is 1.59 bits per heavy atom. The van der Waals surface area contributed by atoms with E-state index in [1.54, 1.807) is 14.2 Å². The Morgan fingerprint density at radius 3 is 2.28 bits per heavy atom. The van der Waals surface area contributed by atoms with Crippen molar-refractivity contribution < 1.29 is 14.3 Å². The summed E-state index contributed by atoms with van der Waals surface area (Å²) in [4.78, 5) is 12.8. The Bertz CT molecular complexity index is 949. The molecule has 0 amide bonds. The van der Waals surface area contributed by atoms with E-state index >= 15 is 0 Å². The zero-order valence-electron chi connectivity index (χ0n) is 16.7. The van der Waals surface area contributed by atoms with E-state index in [2.05, 4.69) is 5.32 Å². The van der Waals surface area contributed by atoms with Gasteiger partial charge in [-0.25, -0.2) is 0 Å². The predicted octanol–water partition coefficient (Wildman–Crippen LogP) is 5.47. The van der Waals surface area contributed by atoms with Gasteiger partial charge in [-0.15, -0.1) is 0 Å². The first kappa shape index (κ1) is 20.2. The Balaban J connectivity index is 1.81. The Labute approximate surface area is 171 Å². The third kappa shape index (κ3) is 5.72. The van der Waals surface area contributed by atoms with Crippen LogP contribution in [0.15, 0.2) is 84.9 Å². The molecule has 0 aliphatic rings. The number of para-hydroxylation sites is 2. The predicted molar refractivity (Wildman–Crippen MR) is 118 cm³/mol. The fourth-order valence-corrected chi connectivity index (χ4v) is 3.01. The van der Waals surface area contributed by atoms with Crippen molar-refractivity contribution in [1.29, 1.82) is 0 Å². The molecular formula is C25H25NO3. The second kappa shape index (κ2) is 10.1. The molecule has 0 spiro atoms. The van der Waals surface area contributed by atoms with Gasteiger partial charge in [-0.3, -0.25) is 4.79 Å². The zero-order valence-corrected chi connectivity index (χ0v) is 16.7. The summed E-state index contributed by atoms with van der Waals surface area (Å²) in [7, 11) is 3.28. The summed E-state index contributed by atoms with van der Waals surface area (Å²) in [5, 5.41) is 3.43. The van der Waals surface area contributed by atoms with Gasteiger partial charge in [0.1, 0.15) is 11.5 Å². The smallest absolute Gasteiger partial charge is 0.165 e.